The molecular weight excluding hydrogens is 319 g/mol. The third-order valence-electron chi connectivity index (χ3n) is 3.84. The van der Waals surface area contributed by atoms with E-state index in [4.69, 9.17) is 9.15 Å². The van der Waals surface area contributed by atoms with Gasteiger partial charge >= 0.3 is 12.0 Å². The highest BCUT2D eigenvalue weighted by molar-refractivity contribution is 6.00. The third kappa shape index (κ3) is 2.70. The van der Waals surface area contributed by atoms with E-state index in [1.54, 1.807) is 6.92 Å². The number of nitrogens with zero attached hydrogens (tertiary/aromatic N) is 1. The van der Waals surface area contributed by atoms with Gasteiger partial charge in [0, 0.05) is 30.1 Å². The normalized spacial score (nSPS) is 15.5. The predicted octanol–water partition coefficient (Wildman–Crippen LogP) is 1.98. The number of furan rings is 1. The quantitative estimate of drug-likeness (QED) is 0.867. The van der Waals surface area contributed by atoms with Crippen molar-refractivity contribution >= 4 is 28.9 Å². The van der Waals surface area contributed by atoms with Crippen molar-refractivity contribution in [1.29, 1.82) is 0 Å². The number of ether oxygens (including phenoxy) is 1. The van der Waals surface area contributed by atoms with Gasteiger partial charge in [0.15, 0.2) is 6.10 Å². The Kier molecular flexibility index (Phi) is 3.96. The van der Waals surface area contributed by atoms with E-state index in [9.17, 15) is 18.8 Å². The molecule has 1 atom stereocenters. The Balaban J connectivity index is 1.78. The fourth-order valence-electron chi connectivity index (χ4n) is 2.56. The molecule has 1 aromatic carbocycles. The average Bonchev–Trinajstić information content (AvgIpc) is 3.10. The maximum atomic E-state index is 13.2. The number of fused-ring (bicyclic) bond motifs is 1. The molecule has 1 aromatic heterocycles. The molecule has 2 heterocycles. The highest BCUT2D eigenvalue weighted by Gasteiger charge is 2.32. The molecule has 3 rings (SSSR count). The molecule has 126 valence electrons. The van der Waals surface area contributed by atoms with Crippen LogP contribution in [0.25, 0.3) is 11.0 Å². The molecule has 1 aliphatic rings. The Morgan fingerprint density at radius 2 is 2.17 bits per heavy atom. The number of esters is 1. The van der Waals surface area contributed by atoms with Crippen LogP contribution in [0.2, 0.25) is 0 Å². The zero-order valence-corrected chi connectivity index (χ0v) is 13.1. The molecule has 0 aliphatic carbocycles. The number of benzene rings is 1. The van der Waals surface area contributed by atoms with Gasteiger partial charge in [-0.15, -0.1) is 0 Å². The monoisotopic (exact) mass is 334 g/mol. The van der Waals surface area contributed by atoms with Crippen molar-refractivity contribution in [3.05, 3.63) is 35.3 Å². The molecule has 1 fully saturated rings. The van der Waals surface area contributed by atoms with Gasteiger partial charge in [-0.3, -0.25) is 9.69 Å². The van der Waals surface area contributed by atoms with Crippen LogP contribution in [-0.2, 0) is 9.53 Å². The number of urea groups is 1. The van der Waals surface area contributed by atoms with E-state index in [1.165, 1.54) is 25.1 Å². The molecule has 7 nitrogen and oxygen atoms in total. The summed E-state index contributed by atoms with van der Waals surface area (Å²) in [5.74, 6) is -2.04. The van der Waals surface area contributed by atoms with Crippen molar-refractivity contribution in [1.82, 2.24) is 10.2 Å². The molecule has 1 N–H and O–H groups in total. The Labute approximate surface area is 136 Å². The van der Waals surface area contributed by atoms with Gasteiger partial charge in [-0.2, -0.15) is 0 Å². The molecule has 1 unspecified atom stereocenters. The first-order valence-corrected chi connectivity index (χ1v) is 7.37. The van der Waals surface area contributed by atoms with Crippen LogP contribution in [0.3, 0.4) is 0 Å². The van der Waals surface area contributed by atoms with Crippen LogP contribution in [-0.4, -0.2) is 42.0 Å². The van der Waals surface area contributed by atoms with Crippen molar-refractivity contribution in [2.24, 2.45) is 0 Å². The highest BCUT2D eigenvalue weighted by Crippen LogP contribution is 2.26. The standard InChI is InChI=1S/C16H15FN2O5/c1-8-11-4-3-10(17)7-12(11)24-13(8)15(21)23-9(2)14(20)19-6-5-18-16(19)22/h3-4,7,9H,5-6H2,1-2H3,(H,18,22). The maximum absolute atomic E-state index is 13.2. The maximum Gasteiger partial charge on any atom is 0.375 e. The molecule has 3 amide bonds. The number of amides is 3. The molecular formula is C16H15FN2O5. The van der Waals surface area contributed by atoms with Gasteiger partial charge in [-0.25, -0.2) is 14.0 Å². The largest absolute Gasteiger partial charge is 0.449 e. The number of carbonyl (C=O) groups is 3. The minimum absolute atomic E-state index is 0.0962. The summed E-state index contributed by atoms with van der Waals surface area (Å²) in [6, 6.07) is 3.42. The van der Waals surface area contributed by atoms with E-state index in [0.717, 1.165) is 4.90 Å². The van der Waals surface area contributed by atoms with Gasteiger partial charge in [0.1, 0.15) is 11.4 Å². The second-order valence-electron chi connectivity index (χ2n) is 5.47. The first-order valence-electron chi connectivity index (χ1n) is 7.37. The van der Waals surface area contributed by atoms with Crippen LogP contribution in [0.15, 0.2) is 22.6 Å². The molecule has 0 saturated carbocycles. The van der Waals surface area contributed by atoms with E-state index in [1.807, 2.05) is 0 Å². The van der Waals surface area contributed by atoms with E-state index in [2.05, 4.69) is 5.32 Å². The van der Waals surface area contributed by atoms with E-state index in [-0.39, 0.29) is 17.9 Å². The SMILES string of the molecule is Cc1c(C(=O)OC(C)C(=O)N2CCNC2=O)oc2cc(F)ccc12. The predicted molar refractivity (Wildman–Crippen MR) is 80.9 cm³/mol. The Bertz CT molecular complexity index is 844. The number of aryl methyl sites for hydroxylation is 1. The van der Waals surface area contributed by atoms with Crippen LogP contribution >= 0.6 is 0 Å². The fraction of sp³-hybridized carbons (Fsp3) is 0.312. The summed E-state index contributed by atoms with van der Waals surface area (Å²) in [6.07, 6.45) is -1.15. The first kappa shape index (κ1) is 16.0. The molecule has 0 radical (unpaired) electrons. The average molecular weight is 334 g/mol. The zero-order valence-electron chi connectivity index (χ0n) is 13.1. The summed E-state index contributed by atoms with van der Waals surface area (Å²) in [4.78, 5) is 36.8. The van der Waals surface area contributed by atoms with Crippen LogP contribution in [0.4, 0.5) is 9.18 Å². The first-order chi connectivity index (χ1) is 11.4. The van der Waals surface area contributed by atoms with Gasteiger partial charge in [0.2, 0.25) is 5.76 Å². The van der Waals surface area contributed by atoms with Gasteiger partial charge < -0.3 is 14.5 Å². The summed E-state index contributed by atoms with van der Waals surface area (Å²) >= 11 is 0. The van der Waals surface area contributed by atoms with Crippen molar-refractivity contribution < 1.29 is 27.9 Å². The number of hydrogen-bond acceptors (Lipinski definition) is 5. The Morgan fingerprint density at radius 3 is 2.83 bits per heavy atom. The lowest BCUT2D eigenvalue weighted by molar-refractivity contribution is -0.136. The van der Waals surface area contributed by atoms with Crippen molar-refractivity contribution in [3.63, 3.8) is 0 Å². The number of hydrogen-bond donors (Lipinski definition) is 1. The number of imide groups is 1. The summed E-state index contributed by atoms with van der Waals surface area (Å²) in [5, 5.41) is 3.08. The van der Waals surface area contributed by atoms with E-state index < -0.39 is 29.8 Å². The van der Waals surface area contributed by atoms with Crippen LogP contribution in [0.5, 0.6) is 0 Å². The van der Waals surface area contributed by atoms with Crippen LogP contribution in [0, 0.1) is 12.7 Å². The molecule has 8 heteroatoms. The third-order valence-corrected chi connectivity index (χ3v) is 3.84. The van der Waals surface area contributed by atoms with Crippen molar-refractivity contribution in [2.75, 3.05) is 13.1 Å². The zero-order chi connectivity index (χ0) is 17.4. The van der Waals surface area contributed by atoms with Gasteiger partial charge in [-0.1, -0.05) is 0 Å². The van der Waals surface area contributed by atoms with Crippen molar-refractivity contribution in [3.8, 4) is 0 Å². The molecule has 1 saturated heterocycles. The fourth-order valence-corrected chi connectivity index (χ4v) is 2.56. The van der Waals surface area contributed by atoms with Crippen LogP contribution < -0.4 is 5.32 Å². The van der Waals surface area contributed by atoms with Crippen molar-refractivity contribution in [2.45, 2.75) is 20.0 Å². The summed E-state index contributed by atoms with van der Waals surface area (Å²) in [6.45, 7) is 3.60. The Hall–Kier alpha value is -2.90. The van der Waals surface area contributed by atoms with Gasteiger partial charge in [0.05, 0.1) is 0 Å². The van der Waals surface area contributed by atoms with E-state index in [0.29, 0.717) is 17.5 Å². The molecule has 2 aromatic rings. The lowest BCUT2D eigenvalue weighted by Crippen LogP contribution is -2.41. The minimum Gasteiger partial charge on any atom is -0.449 e. The number of rotatable bonds is 3. The van der Waals surface area contributed by atoms with Gasteiger partial charge in [-0.05, 0) is 26.0 Å². The minimum atomic E-state index is -1.15. The van der Waals surface area contributed by atoms with Gasteiger partial charge in [0.25, 0.3) is 5.91 Å². The lowest BCUT2D eigenvalue weighted by Gasteiger charge is -2.17. The number of halogens is 1. The summed E-state index contributed by atoms with van der Waals surface area (Å²) < 4.78 is 23.7. The molecule has 24 heavy (non-hydrogen) atoms. The topological polar surface area (TPSA) is 88.9 Å². The number of carbonyl (C=O) groups excluding carboxylic acids is 3. The van der Waals surface area contributed by atoms with E-state index >= 15 is 0 Å². The lowest BCUT2D eigenvalue weighted by atomic mass is 10.1. The molecule has 0 spiro atoms. The summed E-state index contributed by atoms with van der Waals surface area (Å²) in [5.41, 5.74) is 0.714. The molecule has 1 aliphatic heterocycles. The molecule has 0 bridgehead atoms. The Morgan fingerprint density at radius 1 is 1.42 bits per heavy atom. The smallest absolute Gasteiger partial charge is 0.375 e. The summed E-state index contributed by atoms with van der Waals surface area (Å²) in [7, 11) is 0. The second kappa shape index (κ2) is 5.95. The second-order valence-corrected chi connectivity index (χ2v) is 5.47. The van der Waals surface area contributed by atoms with Crippen LogP contribution in [0.1, 0.15) is 23.0 Å². The number of nitrogens with one attached hydrogen (secondary N) is 1. The highest BCUT2D eigenvalue weighted by atomic mass is 19.1.